The molecular formula is C13H14N4OS2. The summed E-state index contributed by atoms with van der Waals surface area (Å²) < 4.78 is 1.64. The fourth-order valence-electron chi connectivity index (χ4n) is 1.74. The fraction of sp³-hybridized carbons (Fsp3) is 0.308. The Hall–Kier alpha value is -1.60. The Morgan fingerprint density at radius 1 is 1.35 bits per heavy atom. The molecule has 3 aromatic heterocycles. The Labute approximate surface area is 124 Å². The maximum atomic E-state index is 11.6. The molecule has 0 amide bonds. The fourth-order valence-corrected chi connectivity index (χ4v) is 3.31. The number of nitrogens with one attached hydrogen (secondary N) is 1. The van der Waals surface area contributed by atoms with Gasteiger partial charge in [0.25, 0.3) is 5.56 Å². The van der Waals surface area contributed by atoms with Crippen molar-refractivity contribution in [3.8, 4) is 10.7 Å². The molecule has 0 saturated carbocycles. The zero-order chi connectivity index (χ0) is 14.3. The monoisotopic (exact) mass is 306 g/mol. The van der Waals surface area contributed by atoms with Crippen LogP contribution >= 0.6 is 23.1 Å². The number of fused-ring (bicyclic) bond motifs is 1. The lowest BCUT2D eigenvalue weighted by molar-refractivity contribution is 0.740. The van der Waals surface area contributed by atoms with E-state index in [9.17, 15) is 4.79 Å². The van der Waals surface area contributed by atoms with Crippen molar-refractivity contribution in [1.82, 2.24) is 19.6 Å². The van der Waals surface area contributed by atoms with Gasteiger partial charge in [-0.3, -0.25) is 9.89 Å². The number of rotatable bonds is 2. The van der Waals surface area contributed by atoms with Crippen LogP contribution < -0.4 is 5.56 Å². The quantitative estimate of drug-likeness (QED) is 0.739. The zero-order valence-electron chi connectivity index (χ0n) is 11.4. The highest BCUT2D eigenvalue weighted by atomic mass is 32.2. The molecule has 0 spiro atoms. The van der Waals surface area contributed by atoms with Gasteiger partial charge in [0.05, 0.1) is 4.88 Å². The summed E-state index contributed by atoms with van der Waals surface area (Å²) >= 11 is 3.19. The molecule has 1 N–H and O–H groups in total. The largest absolute Gasteiger partial charge is 0.268 e. The summed E-state index contributed by atoms with van der Waals surface area (Å²) in [6.07, 6.45) is 0. The first-order chi connectivity index (χ1) is 9.42. The van der Waals surface area contributed by atoms with Crippen LogP contribution in [0.3, 0.4) is 0 Å². The van der Waals surface area contributed by atoms with Crippen molar-refractivity contribution >= 4 is 28.7 Å². The van der Waals surface area contributed by atoms with Gasteiger partial charge in [-0.05, 0) is 11.4 Å². The van der Waals surface area contributed by atoms with E-state index >= 15 is 0 Å². The van der Waals surface area contributed by atoms with Crippen LogP contribution in [-0.2, 0) is 0 Å². The number of aromatic amines is 1. The zero-order valence-corrected chi connectivity index (χ0v) is 13.0. The Morgan fingerprint density at radius 2 is 2.15 bits per heavy atom. The first kappa shape index (κ1) is 13.4. The summed E-state index contributed by atoms with van der Waals surface area (Å²) in [4.78, 5) is 21.6. The van der Waals surface area contributed by atoms with Crippen LogP contribution in [0.4, 0.5) is 0 Å². The molecule has 3 aromatic rings. The van der Waals surface area contributed by atoms with E-state index in [1.807, 2.05) is 17.5 Å². The van der Waals surface area contributed by atoms with E-state index in [4.69, 9.17) is 0 Å². The van der Waals surface area contributed by atoms with Gasteiger partial charge < -0.3 is 0 Å². The highest BCUT2D eigenvalue weighted by Crippen LogP contribution is 2.32. The molecule has 0 bridgehead atoms. The number of hydrogen-bond donors (Lipinski definition) is 1. The molecule has 5 nitrogen and oxygen atoms in total. The molecule has 0 aliphatic rings. The maximum absolute atomic E-state index is 11.6. The molecule has 0 atom stereocenters. The number of nitrogens with zero attached hydrogens (tertiary/aromatic N) is 3. The third-order valence-electron chi connectivity index (χ3n) is 2.46. The Kier molecular flexibility index (Phi) is 3.18. The first-order valence-electron chi connectivity index (χ1n) is 6.15. The van der Waals surface area contributed by atoms with Gasteiger partial charge in [-0.15, -0.1) is 11.3 Å². The average molecular weight is 306 g/mol. The van der Waals surface area contributed by atoms with Crippen LogP contribution in [0.15, 0.2) is 33.5 Å². The number of thiophene rings is 1. The maximum Gasteiger partial charge on any atom is 0.266 e. The molecule has 0 aliphatic heterocycles. The molecule has 0 fully saturated rings. The molecule has 0 aliphatic carbocycles. The van der Waals surface area contributed by atoms with E-state index in [1.54, 1.807) is 27.6 Å². The molecule has 3 heterocycles. The number of thioether (sulfide) groups is 1. The number of aromatic nitrogens is 4. The number of H-pyrrole nitrogens is 1. The second-order valence-corrected chi connectivity index (χ2v) is 8.08. The molecule has 0 aromatic carbocycles. The van der Waals surface area contributed by atoms with Crippen LogP contribution in [0.5, 0.6) is 0 Å². The summed E-state index contributed by atoms with van der Waals surface area (Å²) in [5, 5.41) is 5.47. The second-order valence-electron chi connectivity index (χ2n) is 5.34. The Morgan fingerprint density at radius 3 is 2.80 bits per heavy atom. The third-order valence-corrected chi connectivity index (χ3v) is 4.40. The topological polar surface area (TPSA) is 63.0 Å². The minimum absolute atomic E-state index is 0.00480. The van der Waals surface area contributed by atoms with Crippen LogP contribution in [0.25, 0.3) is 16.3 Å². The van der Waals surface area contributed by atoms with E-state index in [-0.39, 0.29) is 10.3 Å². The van der Waals surface area contributed by atoms with Crippen LogP contribution in [-0.4, -0.2) is 24.3 Å². The predicted octanol–water partition coefficient (Wildman–Crippen LogP) is 3.04. The molecule has 0 saturated heterocycles. The van der Waals surface area contributed by atoms with Crippen molar-refractivity contribution in [1.29, 1.82) is 0 Å². The van der Waals surface area contributed by atoms with Crippen molar-refractivity contribution < 1.29 is 0 Å². The minimum Gasteiger partial charge on any atom is -0.268 e. The standard InChI is InChI=1S/C13H14N4OS2/c1-13(2,3)20-12-15-11(8-5-4-6-19-8)14-9-7-10(18)16-17(9)12/h4-7H,1-3H3,(H,16,18). The van der Waals surface area contributed by atoms with Crippen LogP contribution in [0, 0.1) is 0 Å². The van der Waals surface area contributed by atoms with Crippen molar-refractivity contribution in [2.75, 3.05) is 0 Å². The van der Waals surface area contributed by atoms with Crippen LogP contribution in [0.2, 0.25) is 0 Å². The van der Waals surface area contributed by atoms with E-state index in [2.05, 4.69) is 35.8 Å². The van der Waals surface area contributed by atoms with Gasteiger partial charge in [0.15, 0.2) is 16.6 Å². The molecular weight excluding hydrogens is 292 g/mol. The van der Waals surface area contributed by atoms with Gasteiger partial charge in [-0.1, -0.05) is 38.6 Å². The van der Waals surface area contributed by atoms with Crippen LogP contribution in [0.1, 0.15) is 20.8 Å². The molecule has 20 heavy (non-hydrogen) atoms. The lowest BCUT2D eigenvalue weighted by Gasteiger charge is -2.17. The average Bonchev–Trinajstić information content (AvgIpc) is 2.94. The van der Waals surface area contributed by atoms with E-state index < -0.39 is 0 Å². The van der Waals surface area contributed by atoms with Crippen molar-refractivity contribution in [2.45, 2.75) is 30.7 Å². The molecule has 0 radical (unpaired) electrons. The summed E-state index contributed by atoms with van der Waals surface area (Å²) in [5.74, 6) is 0.658. The van der Waals surface area contributed by atoms with Gasteiger partial charge in [-0.2, -0.15) is 0 Å². The van der Waals surface area contributed by atoms with Crippen molar-refractivity contribution in [3.63, 3.8) is 0 Å². The number of hydrogen-bond acceptors (Lipinski definition) is 5. The normalized spacial score (nSPS) is 12.2. The van der Waals surface area contributed by atoms with Gasteiger partial charge in [-0.25, -0.2) is 14.5 Å². The van der Waals surface area contributed by atoms with E-state index in [0.29, 0.717) is 11.5 Å². The Bertz CT molecular complexity index is 796. The third kappa shape index (κ3) is 2.64. The summed E-state index contributed by atoms with van der Waals surface area (Å²) in [5.41, 5.74) is 0.429. The lowest BCUT2D eigenvalue weighted by Crippen LogP contribution is -2.12. The second kappa shape index (κ2) is 4.75. The highest BCUT2D eigenvalue weighted by Gasteiger charge is 2.18. The van der Waals surface area contributed by atoms with E-state index in [1.165, 1.54) is 6.07 Å². The molecule has 104 valence electrons. The molecule has 0 unspecified atom stereocenters. The predicted molar refractivity (Wildman–Crippen MR) is 82.5 cm³/mol. The summed E-state index contributed by atoms with van der Waals surface area (Å²) in [6.45, 7) is 6.33. The van der Waals surface area contributed by atoms with Gasteiger partial charge in [0.1, 0.15) is 0 Å². The van der Waals surface area contributed by atoms with Crippen molar-refractivity contribution in [3.05, 3.63) is 33.9 Å². The molecule has 7 heteroatoms. The minimum atomic E-state index is -0.168. The summed E-state index contributed by atoms with van der Waals surface area (Å²) in [7, 11) is 0. The molecule has 3 rings (SSSR count). The van der Waals surface area contributed by atoms with Gasteiger partial charge >= 0.3 is 0 Å². The first-order valence-corrected chi connectivity index (χ1v) is 7.85. The smallest absolute Gasteiger partial charge is 0.266 e. The SMILES string of the molecule is CC(C)(C)Sc1nc(-c2cccs2)nc2cc(=O)[nH]n12. The lowest BCUT2D eigenvalue weighted by atomic mass is 10.3. The highest BCUT2D eigenvalue weighted by molar-refractivity contribution is 8.00. The van der Waals surface area contributed by atoms with E-state index in [0.717, 1.165) is 10.0 Å². The van der Waals surface area contributed by atoms with Gasteiger partial charge in [0, 0.05) is 10.8 Å². The van der Waals surface area contributed by atoms with Crippen molar-refractivity contribution in [2.24, 2.45) is 0 Å². The summed E-state index contributed by atoms with van der Waals surface area (Å²) in [6, 6.07) is 5.44. The van der Waals surface area contributed by atoms with Gasteiger partial charge in [0.2, 0.25) is 0 Å². The Balaban J connectivity index is 2.22.